The molecule has 0 unspecified atom stereocenters. The third kappa shape index (κ3) is 3.97. The number of sulfonamides is 1. The molecule has 0 radical (unpaired) electrons. The van der Waals surface area contributed by atoms with E-state index >= 15 is 0 Å². The highest BCUT2D eigenvalue weighted by Gasteiger charge is 2.33. The molecule has 28 heavy (non-hydrogen) atoms. The van der Waals surface area contributed by atoms with Gasteiger partial charge in [-0.05, 0) is 25.1 Å². The molecule has 0 saturated carbocycles. The minimum absolute atomic E-state index is 0.0118. The quantitative estimate of drug-likeness (QED) is 0.708. The summed E-state index contributed by atoms with van der Waals surface area (Å²) in [6, 6.07) is 4.80. The van der Waals surface area contributed by atoms with Gasteiger partial charge in [-0.1, -0.05) is 6.07 Å². The number of alkyl halides is 5. The highest BCUT2D eigenvalue weighted by molar-refractivity contribution is 7.89. The van der Waals surface area contributed by atoms with E-state index < -0.39 is 28.3 Å². The van der Waals surface area contributed by atoms with Crippen molar-refractivity contribution < 1.29 is 30.4 Å². The van der Waals surface area contributed by atoms with Crippen LogP contribution < -0.4 is 4.90 Å². The molecular weight excluding hydrogens is 407 g/mol. The number of halogens is 5. The molecule has 1 aliphatic heterocycles. The largest absolute Gasteiger partial charge is 0.416 e. The predicted molar refractivity (Wildman–Crippen MR) is 90.6 cm³/mol. The Kier molecular flexibility index (Phi) is 5.36. The molecule has 2 aromatic rings. The Morgan fingerprint density at radius 1 is 1.11 bits per heavy atom. The van der Waals surface area contributed by atoms with Crippen LogP contribution in [0.2, 0.25) is 0 Å². The first-order chi connectivity index (χ1) is 13.0. The van der Waals surface area contributed by atoms with Gasteiger partial charge >= 0.3 is 12.7 Å². The average molecular weight is 424 g/mol. The Morgan fingerprint density at radius 3 is 2.29 bits per heavy atom. The van der Waals surface area contributed by atoms with Crippen molar-refractivity contribution >= 4 is 15.7 Å². The minimum atomic E-state index is -4.47. The van der Waals surface area contributed by atoms with Crippen molar-refractivity contribution in [1.29, 1.82) is 0 Å². The zero-order valence-corrected chi connectivity index (χ0v) is 15.5. The summed E-state index contributed by atoms with van der Waals surface area (Å²) in [4.78, 5) is 1.34. The molecule has 1 saturated heterocycles. The molecule has 0 atom stereocenters. The standard InChI is InChI=1S/C16H17F5N4O2S/c1-11-14(10-25(22-11)15(17)18)28(26,27)24-7-5-23(6-8-24)13-4-2-3-12(9-13)16(19,20)21/h2-4,9-10,15H,5-8H2,1H3. The second-order valence-electron chi connectivity index (χ2n) is 6.28. The Bertz CT molecular complexity index is 950. The fourth-order valence-corrected chi connectivity index (χ4v) is 4.60. The molecular formula is C16H17F5N4O2S. The van der Waals surface area contributed by atoms with Crippen LogP contribution >= 0.6 is 0 Å². The molecule has 1 aromatic heterocycles. The smallest absolute Gasteiger partial charge is 0.369 e. The van der Waals surface area contributed by atoms with Crippen LogP contribution in [0.1, 0.15) is 17.8 Å². The lowest BCUT2D eigenvalue weighted by Gasteiger charge is -2.35. The van der Waals surface area contributed by atoms with E-state index in [9.17, 15) is 30.4 Å². The van der Waals surface area contributed by atoms with E-state index in [0.717, 1.165) is 22.6 Å². The lowest BCUT2D eigenvalue weighted by Crippen LogP contribution is -2.48. The Balaban J connectivity index is 1.75. The number of nitrogens with zero attached hydrogens (tertiary/aromatic N) is 4. The van der Waals surface area contributed by atoms with Gasteiger partial charge in [0, 0.05) is 31.9 Å². The van der Waals surface area contributed by atoms with Crippen LogP contribution in [0, 0.1) is 6.92 Å². The van der Waals surface area contributed by atoms with Gasteiger partial charge in [-0.25, -0.2) is 13.1 Å². The molecule has 1 aromatic carbocycles. The van der Waals surface area contributed by atoms with Crippen molar-refractivity contribution in [2.24, 2.45) is 0 Å². The Labute approximate surface area is 158 Å². The van der Waals surface area contributed by atoms with Crippen LogP contribution in [0.3, 0.4) is 0 Å². The van der Waals surface area contributed by atoms with E-state index in [1.54, 1.807) is 4.90 Å². The van der Waals surface area contributed by atoms with Gasteiger partial charge in [0.2, 0.25) is 10.0 Å². The molecule has 0 N–H and O–H groups in total. The highest BCUT2D eigenvalue weighted by atomic mass is 32.2. The van der Waals surface area contributed by atoms with Crippen molar-refractivity contribution in [2.45, 2.75) is 24.5 Å². The van der Waals surface area contributed by atoms with Crippen molar-refractivity contribution in [3.05, 3.63) is 41.7 Å². The molecule has 0 bridgehead atoms. The van der Waals surface area contributed by atoms with Gasteiger partial charge in [-0.15, -0.1) is 0 Å². The monoisotopic (exact) mass is 424 g/mol. The number of aromatic nitrogens is 2. The first kappa shape index (κ1) is 20.5. The van der Waals surface area contributed by atoms with E-state index in [2.05, 4.69) is 5.10 Å². The minimum Gasteiger partial charge on any atom is -0.369 e. The molecule has 12 heteroatoms. The van der Waals surface area contributed by atoms with Crippen molar-refractivity contribution in [2.75, 3.05) is 31.1 Å². The summed E-state index contributed by atoms with van der Waals surface area (Å²) in [5.41, 5.74) is -0.482. The van der Waals surface area contributed by atoms with Crippen molar-refractivity contribution in [3.8, 4) is 0 Å². The van der Waals surface area contributed by atoms with Gasteiger partial charge < -0.3 is 4.90 Å². The number of anilines is 1. The Morgan fingerprint density at radius 2 is 1.75 bits per heavy atom. The summed E-state index contributed by atoms with van der Waals surface area (Å²) in [6.07, 6.45) is -3.68. The SMILES string of the molecule is Cc1nn(C(F)F)cc1S(=O)(=O)N1CCN(c2cccc(C(F)(F)F)c2)CC1. The van der Waals surface area contributed by atoms with Crippen molar-refractivity contribution in [3.63, 3.8) is 0 Å². The molecule has 2 heterocycles. The number of aryl methyl sites for hydroxylation is 1. The summed E-state index contributed by atoms with van der Waals surface area (Å²) in [5, 5.41) is 3.51. The van der Waals surface area contributed by atoms with Crippen LogP contribution in [0.15, 0.2) is 35.4 Å². The number of hydrogen-bond acceptors (Lipinski definition) is 4. The zero-order chi connectivity index (χ0) is 20.7. The van der Waals surface area contributed by atoms with Crippen LogP contribution in [0.5, 0.6) is 0 Å². The highest BCUT2D eigenvalue weighted by Crippen LogP contribution is 2.32. The third-order valence-corrected chi connectivity index (χ3v) is 6.47. The van der Waals surface area contributed by atoms with Gasteiger partial charge in [-0.3, -0.25) is 0 Å². The van der Waals surface area contributed by atoms with E-state index in [0.29, 0.717) is 5.69 Å². The second kappa shape index (κ2) is 7.32. The number of rotatable bonds is 4. The first-order valence-corrected chi connectivity index (χ1v) is 9.70. The molecule has 154 valence electrons. The summed E-state index contributed by atoms with van der Waals surface area (Å²) in [6.45, 7) is -1.27. The normalized spacial score (nSPS) is 16.8. The summed E-state index contributed by atoms with van der Waals surface area (Å²) < 4.78 is 91.0. The lowest BCUT2D eigenvalue weighted by atomic mass is 10.1. The van der Waals surface area contributed by atoms with Gasteiger partial charge in [0.15, 0.2) is 0 Å². The fourth-order valence-electron chi connectivity index (χ4n) is 3.02. The van der Waals surface area contributed by atoms with Crippen molar-refractivity contribution in [1.82, 2.24) is 14.1 Å². The summed E-state index contributed by atoms with van der Waals surface area (Å²) >= 11 is 0. The fraction of sp³-hybridized carbons (Fsp3) is 0.438. The van der Waals surface area contributed by atoms with Gasteiger partial charge in [-0.2, -0.15) is 31.4 Å². The number of benzene rings is 1. The van der Waals surface area contributed by atoms with Crippen LogP contribution in [-0.4, -0.2) is 48.7 Å². The van der Waals surface area contributed by atoms with E-state index in [1.807, 2.05) is 0 Å². The molecule has 3 rings (SSSR count). The van der Waals surface area contributed by atoms with E-state index in [4.69, 9.17) is 0 Å². The average Bonchev–Trinajstić information content (AvgIpc) is 3.04. The van der Waals surface area contributed by atoms with Gasteiger partial charge in [0.05, 0.1) is 17.5 Å². The predicted octanol–water partition coefficient (Wildman–Crippen LogP) is 3.12. The molecule has 1 aliphatic rings. The summed E-state index contributed by atoms with van der Waals surface area (Å²) in [7, 11) is -4.03. The maximum Gasteiger partial charge on any atom is 0.416 e. The lowest BCUT2D eigenvalue weighted by molar-refractivity contribution is -0.137. The Hall–Kier alpha value is -2.21. The number of piperazine rings is 1. The van der Waals surface area contributed by atoms with Gasteiger partial charge in [0.25, 0.3) is 0 Å². The first-order valence-electron chi connectivity index (χ1n) is 8.26. The van der Waals surface area contributed by atoms with E-state index in [-0.39, 0.29) is 41.5 Å². The van der Waals surface area contributed by atoms with Crippen LogP contribution in [0.4, 0.5) is 27.6 Å². The van der Waals surface area contributed by atoms with Crippen LogP contribution in [-0.2, 0) is 16.2 Å². The molecule has 6 nitrogen and oxygen atoms in total. The topological polar surface area (TPSA) is 58.4 Å². The second-order valence-corrected chi connectivity index (χ2v) is 8.18. The third-order valence-electron chi connectivity index (χ3n) is 4.47. The number of hydrogen-bond donors (Lipinski definition) is 0. The maximum absolute atomic E-state index is 12.9. The maximum atomic E-state index is 12.9. The molecule has 0 spiro atoms. The van der Waals surface area contributed by atoms with E-state index in [1.165, 1.54) is 19.1 Å². The zero-order valence-electron chi connectivity index (χ0n) is 14.7. The molecule has 0 aliphatic carbocycles. The molecule has 0 amide bonds. The van der Waals surface area contributed by atoms with Crippen LogP contribution in [0.25, 0.3) is 0 Å². The summed E-state index contributed by atoms with van der Waals surface area (Å²) in [5.74, 6) is 0. The molecule has 1 fully saturated rings. The van der Waals surface area contributed by atoms with Gasteiger partial charge in [0.1, 0.15) is 4.90 Å².